The predicted octanol–water partition coefficient (Wildman–Crippen LogP) is 3.44. The molecule has 0 aliphatic rings. The summed E-state index contributed by atoms with van der Waals surface area (Å²) >= 11 is 0. The molecule has 0 spiro atoms. The third-order valence-electron chi connectivity index (χ3n) is 3.28. The molecule has 2 rings (SSSR count). The van der Waals surface area contributed by atoms with E-state index in [0.717, 1.165) is 10.8 Å². The van der Waals surface area contributed by atoms with Crippen molar-refractivity contribution in [2.45, 2.75) is 40.0 Å². The molecule has 1 aromatic heterocycles. The maximum atomic E-state index is 11.8. The van der Waals surface area contributed by atoms with Crippen molar-refractivity contribution in [2.75, 3.05) is 0 Å². The lowest BCUT2D eigenvalue weighted by atomic mass is 9.79. The molecule has 0 aliphatic heterocycles. The summed E-state index contributed by atoms with van der Waals surface area (Å²) in [5.41, 5.74) is 3.85. The Hall–Kier alpha value is -1.57. The number of pyridine rings is 1. The quantitative estimate of drug-likeness (QED) is 0.737. The molecule has 2 aromatic rings. The lowest BCUT2D eigenvalue weighted by molar-refractivity contribution is 0.583. The highest BCUT2D eigenvalue weighted by molar-refractivity contribution is 5.87. The van der Waals surface area contributed by atoms with E-state index in [1.54, 1.807) is 6.20 Å². The van der Waals surface area contributed by atoms with E-state index in [0.29, 0.717) is 0 Å². The molecule has 0 saturated carbocycles. The van der Waals surface area contributed by atoms with Crippen LogP contribution >= 0.6 is 0 Å². The van der Waals surface area contributed by atoms with Gasteiger partial charge in [-0.15, -0.1) is 0 Å². The third-order valence-corrected chi connectivity index (χ3v) is 3.28. The molecule has 1 aromatic carbocycles. The number of hydrogen-bond acceptors (Lipinski definition) is 1. The number of rotatable bonds is 0. The zero-order valence-electron chi connectivity index (χ0n) is 11.1. The van der Waals surface area contributed by atoms with E-state index in [2.05, 4.69) is 39.6 Å². The summed E-state index contributed by atoms with van der Waals surface area (Å²) < 4.78 is 0. The van der Waals surface area contributed by atoms with Crippen LogP contribution in [0.15, 0.2) is 23.1 Å². The summed E-state index contributed by atoms with van der Waals surface area (Å²) in [7, 11) is 0. The van der Waals surface area contributed by atoms with E-state index in [-0.39, 0.29) is 11.0 Å². The van der Waals surface area contributed by atoms with Gasteiger partial charge in [-0.1, -0.05) is 20.8 Å². The van der Waals surface area contributed by atoms with E-state index >= 15 is 0 Å². The first-order valence-electron chi connectivity index (χ1n) is 5.94. The van der Waals surface area contributed by atoms with Crippen LogP contribution in [0, 0.1) is 13.8 Å². The molecule has 0 bridgehead atoms. The van der Waals surface area contributed by atoms with E-state index in [9.17, 15) is 4.79 Å². The monoisotopic (exact) mass is 229 g/mol. The number of aromatic amines is 1. The molecule has 2 nitrogen and oxygen atoms in total. The van der Waals surface area contributed by atoms with Crippen LogP contribution in [0.3, 0.4) is 0 Å². The normalized spacial score (nSPS) is 12.1. The Morgan fingerprint density at radius 3 is 2.35 bits per heavy atom. The van der Waals surface area contributed by atoms with E-state index in [1.807, 2.05) is 12.1 Å². The second-order valence-electron chi connectivity index (χ2n) is 5.71. The second kappa shape index (κ2) is 3.73. The highest BCUT2D eigenvalue weighted by atomic mass is 16.1. The van der Waals surface area contributed by atoms with Crippen molar-refractivity contribution in [3.63, 3.8) is 0 Å². The second-order valence-corrected chi connectivity index (χ2v) is 5.71. The topological polar surface area (TPSA) is 32.9 Å². The smallest absolute Gasteiger partial charge is 0.255 e. The summed E-state index contributed by atoms with van der Waals surface area (Å²) in [6.45, 7) is 10.8. The highest BCUT2D eigenvalue weighted by Gasteiger charge is 2.20. The molecule has 0 radical (unpaired) electrons. The number of aryl methyl sites for hydroxylation is 2. The van der Waals surface area contributed by atoms with Crippen molar-refractivity contribution in [1.29, 1.82) is 0 Å². The van der Waals surface area contributed by atoms with Gasteiger partial charge in [0.15, 0.2) is 0 Å². The van der Waals surface area contributed by atoms with Crippen molar-refractivity contribution in [3.05, 3.63) is 45.4 Å². The van der Waals surface area contributed by atoms with E-state index < -0.39 is 0 Å². The van der Waals surface area contributed by atoms with Crippen LogP contribution in [0.2, 0.25) is 0 Å². The number of aromatic nitrogens is 1. The van der Waals surface area contributed by atoms with E-state index in [4.69, 9.17) is 0 Å². The molecule has 90 valence electrons. The number of H-pyrrole nitrogens is 1. The zero-order chi connectivity index (χ0) is 12.8. The molecule has 2 heteroatoms. The third kappa shape index (κ3) is 1.88. The van der Waals surface area contributed by atoms with Crippen molar-refractivity contribution in [1.82, 2.24) is 4.98 Å². The molecule has 0 fully saturated rings. The largest absolute Gasteiger partial charge is 0.329 e. The molecule has 1 N–H and O–H groups in total. The molecule has 1 heterocycles. The highest BCUT2D eigenvalue weighted by Crippen LogP contribution is 2.32. The van der Waals surface area contributed by atoms with Crippen LogP contribution in [0.4, 0.5) is 0 Å². The van der Waals surface area contributed by atoms with Crippen LogP contribution in [-0.2, 0) is 5.41 Å². The number of benzene rings is 1. The van der Waals surface area contributed by atoms with Gasteiger partial charge in [0.25, 0.3) is 5.56 Å². The minimum atomic E-state index is -0.00541. The minimum Gasteiger partial charge on any atom is -0.329 e. The van der Waals surface area contributed by atoms with Gasteiger partial charge in [-0.3, -0.25) is 4.79 Å². The van der Waals surface area contributed by atoms with Gasteiger partial charge in [-0.05, 0) is 53.5 Å². The zero-order valence-corrected chi connectivity index (χ0v) is 11.1. The molecule has 0 unspecified atom stereocenters. The van der Waals surface area contributed by atoms with Crippen LogP contribution in [0.1, 0.15) is 37.5 Å². The standard InChI is InChI=1S/C15H19NO/c1-9-8-12-11(6-7-16-14(12)17)10(2)13(9)15(3,4)5/h6-8H,1-5H3,(H,16,17). The number of nitrogens with one attached hydrogen (secondary N) is 1. The summed E-state index contributed by atoms with van der Waals surface area (Å²) in [5, 5.41) is 1.85. The minimum absolute atomic E-state index is 0.00541. The Morgan fingerprint density at radius 1 is 1.12 bits per heavy atom. The van der Waals surface area contributed by atoms with Crippen LogP contribution in [-0.4, -0.2) is 4.98 Å². The summed E-state index contributed by atoms with van der Waals surface area (Å²) in [6.07, 6.45) is 1.72. The van der Waals surface area contributed by atoms with E-state index in [1.165, 1.54) is 16.7 Å². The Kier molecular flexibility index (Phi) is 2.61. The molecule has 0 amide bonds. The Bertz CT molecular complexity index is 630. The molecular formula is C15H19NO. The van der Waals surface area contributed by atoms with Gasteiger partial charge in [0.1, 0.15) is 0 Å². The molecule has 0 atom stereocenters. The summed E-state index contributed by atoms with van der Waals surface area (Å²) in [4.78, 5) is 14.5. The number of fused-ring (bicyclic) bond motifs is 1. The summed E-state index contributed by atoms with van der Waals surface area (Å²) in [5.74, 6) is 0. The maximum absolute atomic E-state index is 11.8. The van der Waals surface area contributed by atoms with Crippen molar-refractivity contribution >= 4 is 10.8 Å². The van der Waals surface area contributed by atoms with Gasteiger partial charge in [0, 0.05) is 11.6 Å². The molecule has 0 aliphatic carbocycles. The Labute approximate surface area is 102 Å². The first-order chi connectivity index (χ1) is 7.82. The Morgan fingerprint density at radius 2 is 1.76 bits per heavy atom. The average Bonchev–Trinajstić information content (AvgIpc) is 2.17. The maximum Gasteiger partial charge on any atom is 0.255 e. The Balaban J connectivity index is 2.96. The molecule has 17 heavy (non-hydrogen) atoms. The van der Waals surface area contributed by atoms with Gasteiger partial charge in [-0.2, -0.15) is 0 Å². The predicted molar refractivity (Wildman–Crippen MR) is 72.7 cm³/mol. The first-order valence-corrected chi connectivity index (χ1v) is 5.94. The van der Waals surface area contributed by atoms with Crippen LogP contribution < -0.4 is 5.56 Å². The van der Waals surface area contributed by atoms with Crippen molar-refractivity contribution in [2.24, 2.45) is 0 Å². The fourth-order valence-electron chi connectivity index (χ4n) is 2.83. The van der Waals surface area contributed by atoms with Crippen molar-refractivity contribution in [3.8, 4) is 0 Å². The fourth-order valence-corrected chi connectivity index (χ4v) is 2.83. The first kappa shape index (κ1) is 11.9. The van der Waals surface area contributed by atoms with Gasteiger partial charge in [-0.25, -0.2) is 0 Å². The lowest BCUT2D eigenvalue weighted by Crippen LogP contribution is -2.17. The van der Waals surface area contributed by atoms with Gasteiger partial charge in [0.05, 0.1) is 0 Å². The SMILES string of the molecule is Cc1cc2c(=O)[nH]ccc2c(C)c1C(C)(C)C. The number of hydrogen-bond donors (Lipinski definition) is 1. The lowest BCUT2D eigenvalue weighted by Gasteiger charge is -2.25. The fraction of sp³-hybridized carbons (Fsp3) is 0.400. The van der Waals surface area contributed by atoms with Crippen molar-refractivity contribution < 1.29 is 0 Å². The van der Waals surface area contributed by atoms with Gasteiger partial charge < -0.3 is 4.98 Å². The van der Waals surface area contributed by atoms with Crippen LogP contribution in [0.25, 0.3) is 10.8 Å². The molecular weight excluding hydrogens is 210 g/mol. The van der Waals surface area contributed by atoms with Crippen LogP contribution in [0.5, 0.6) is 0 Å². The molecule has 0 saturated heterocycles. The summed E-state index contributed by atoms with van der Waals surface area (Å²) in [6, 6.07) is 3.99. The van der Waals surface area contributed by atoms with Gasteiger partial charge >= 0.3 is 0 Å². The average molecular weight is 229 g/mol. The van der Waals surface area contributed by atoms with Gasteiger partial charge in [0.2, 0.25) is 0 Å².